The molecule has 0 bridgehead atoms. The van der Waals surface area contributed by atoms with E-state index in [4.69, 9.17) is 16.7 Å². The lowest BCUT2D eigenvalue weighted by atomic mass is 10.2. The Kier molecular flexibility index (Phi) is 3.81. The van der Waals surface area contributed by atoms with Crippen LogP contribution in [-0.2, 0) is 0 Å². The van der Waals surface area contributed by atoms with Crippen LogP contribution in [0.2, 0.25) is 5.02 Å². The number of aromatic nitrogens is 1. The third-order valence-corrected chi connectivity index (χ3v) is 4.48. The van der Waals surface area contributed by atoms with Crippen molar-refractivity contribution < 1.29 is 9.90 Å². The summed E-state index contributed by atoms with van der Waals surface area (Å²) in [4.78, 5) is 20.0. The van der Waals surface area contributed by atoms with E-state index < -0.39 is 5.97 Å². The molecule has 0 amide bonds. The first-order chi connectivity index (χ1) is 9.65. The SMILES string of the molecule is O=C(O)c1nc(N2CCC(N3CCCC3)C2)ccc1Cl. The highest BCUT2D eigenvalue weighted by Gasteiger charge is 2.30. The van der Waals surface area contributed by atoms with E-state index in [1.165, 1.54) is 25.9 Å². The van der Waals surface area contributed by atoms with Gasteiger partial charge in [-0.15, -0.1) is 0 Å². The van der Waals surface area contributed by atoms with Crippen molar-refractivity contribution in [3.63, 3.8) is 0 Å². The van der Waals surface area contributed by atoms with Crippen molar-refractivity contribution in [1.82, 2.24) is 9.88 Å². The topological polar surface area (TPSA) is 56.7 Å². The Hall–Kier alpha value is -1.33. The Labute approximate surface area is 123 Å². The third-order valence-electron chi connectivity index (χ3n) is 4.18. The molecule has 1 aromatic heterocycles. The highest BCUT2D eigenvalue weighted by atomic mass is 35.5. The first kappa shape index (κ1) is 13.6. The summed E-state index contributed by atoms with van der Waals surface area (Å²) in [5.74, 6) is -0.361. The maximum absolute atomic E-state index is 11.1. The molecular weight excluding hydrogens is 278 g/mol. The lowest BCUT2D eigenvalue weighted by Gasteiger charge is -2.24. The van der Waals surface area contributed by atoms with Gasteiger partial charge in [0.25, 0.3) is 0 Å². The molecule has 2 fully saturated rings. The summed E-state index contributed by atoms with van der Waals surface area (Å²) in [7, 11) is 0. The second-order valence-corrected chi connectivity index (χ2v) is 5.84. The smallest absolute Gasteiger partial charge is 0.356 e. The zero-order valence-electron chi connectivity index (χ0n) is 11.3. The first-order valence-electron chi connectivity index (χ1n) is 7.04. The Morgan fingerprint density at radius 3 is 2.75 bits per heavy atom. The maximum Gasteiger partial charge on any atom is 0.356 e. The Bertz CT molecular complexity index is 517. The molecule has 2 aliphatic heterocycles. The molecule has 1 atom stereocenters. The Morgan fingerprint density at radius 1 is 1.30 bits per heavy atom. The molecule has 108 valence electrons. The molecule has 1 N–H and O–H groups in total. The molecule has 3 rings (SSSR count). The van der Waals surface area contributed by atoms with Gasteiger partial charge in [-0.2, -0.15) is 0 Å². The minimum atomic E-state index is -1.08. The van der Waals surface area contributed by atoms with E-state index in [1.54, 1.807) is 12.1 Å². The van der Waals surface area contributed by atoms with Crippen molar-refractivity contribution in [3.8, 4) is 0 Å². The van der Waals surface area contributed by atoms with Crippen molar-refractivity contribution in [1.29, 1.82) is 0 Å². The predicted molar refractivity (Wildman–Crippen MR) is 77.6 cm³/mol. The molecule has 1 aromatic rings. The number of carbonyl (C=O) groups is 1. The summed E-state index contributed by atoms with van der Waals surface area (Å²) in [6.45, 7) is 4.22. The number of carboxylic acids is 1. The fraction of sp³-hybridized carbons (Fsp3) is 0.571. The van der Waals surface area contributed by atoms with Gasteiger partial charge in [0, 0.05) is 19.1 Å². The monoisotopic (exact) mass is 295 g/mol. The fourth-order valence-corrected chi connectivity index (χ4v) is 3.30. The van der Waals surface area contributed by atoms with Crippen molar-refractivity contribution in [2.75, 3.05) is 31.1 Å². The number of hydrogen-bond acceptors (Lipinski definition) is 4. The number of likely N-dealkylation sites (tertiary alicyclic amines) is 1. The van der Waals surface area contributed by atoms with Gasteiger partial charge < -0.3 is 10.0 Å². The molecule has 1 unspecified atom stereocenters. The number of nitrogens with zero attached hydrogens (tertiary/aromatic N) is 3. The Morgan fingerprint density at radius 2 is 2.05 bits per heavy atom. The molecule has 20 heavy (non-hydrogen) atoms. The minimum absolute atomic E-state index is 0.0613. The molecule has 6 heteroatoms. The van der Waals surface area contributed by atoms with E-state index in [1.807, 2.05) is 0 Å². The normalized spacial score (nSPS) is 23.4. The first-order valence-corrected chi connectivity index (χ1v) is 7.42. The van der Waals surface area contributed by atoms with Gasteiger partial charge in [0.2, 0.25) is 0 Å². The number of carboxylic acid groups (broad SMARTS) is 1. The molecular formula is C14H18ClN3O2. The van der Waals surface area contributed by atoms with Crippen molar-refractivity contribution in [3.05, 3.63) is 22.8 Å². The molecule has 0 saturated carbocycles. The van der Waals surface area contributed by atoms with Crippen LogP contribution in [0.25, 0.3) is 0 Å². The van der Waals surface area contributed by atoms with Crippen LogP contribution in [0.4, 0.5) is 5.82 Å². The van der Waals surface area contributed by atoms with Crippen molar-refractivity contribution >= 4 is 23.4 Å². The maximum atomic E-state index is 11.1. The highest BCUT2D eigenvalue weighted by Crippen LogP contribution is 2.26. The molecule has 0 aliphatic carbocycles. The zero-order chi connectivity index (χ0) is 14.1. The summed E-state index contributed by atoms with van der Waals surface area (Å²) in [5.41, 5.74) is -0.0613. The van der Waals surface area contributed by atoms with E-state index in [0.717, 1.165) is 19.5 Å². The molecule has 0 radical (unpaired) electrons. The number of anilines is 1. The molecule has 3 heterocycles. The number of halogens is 1. The lowest BCUT2D eigenvalue weighted by Crippen LogP contribution is -2.35. The van der Waals surface area contributed by atoms with Crippen LogP contribution in [-0.4, -0.2) is 53.2 Å². The number of aromatic carboxylic acids is 1. The zero-order valence-corrected chi connectivity index (χ0v) is 12.0. The van der Waals surface area contributed by atoms with E-state index >= 15 is 0 Å². The van der Waals surface area contributed by atoms with Gasteiger partial charge in [-0.25, -0.2) is 9.78 Å². The van der Waals surface area contributed by atoms with Gasteiger partial charge >= 0.3 is 5.97 Å². The van der Waals surface area contributed by atoms with Crippen LogP contribution < -0.4 is 4.90 Å². The van der Waals surface area contributed by atoms with Gasteiger partial charge in [0.15, 0.2) is 5.69 Å². The van der Waals surface area contributed by atoms with Crippen LogP contribution in [0.1, 0.15) is 29.8 Å². The molecule has 0 spiro atoms. The van der Waals surface area contributed by atoms with Crippen LogP contribution in [0.5, 0.6) is 0 Å². The standard InChI is InChI=1S/C14H18ClN3O2/c15-11-3-4-12(16-13(11)14(19)20)18-8-5-10(9-18)17-6-1-2-7-17/h3-4,10H,1-2,5-9H2,(H,19,20). The number of pyridine rings is 1. The average molecular weight is 296 g/mol. The summed E-state index contributed by atoms with van der Waals surface area (Å²) in [6, 6.07) is 4.00. The molecule has 5 nitrogen and oxygen atoms in total. The average Bonchev–Trinajstić information content (AvgIpc) is 3.09. The lowest BCUT2D eigenvalue weighted by molar-refractivity contribution is 0.0691. The van der Waals surface area contributed by atoms with Crippen molar-refractivity contribution in [2.45, 2.75) is 25.3 Å². The molecule has 2 saturated heterocycles. The second-order valence-electron chi connectivity index (χ2n) is 5.44. The van der Waals surface area contributed by atoms with Crippen LogP contribution in [0, 0.1) is 0 Å². The largest absolute Gasteiger partial charge is 0.476 e. The fourth-order valence-electron chi connectivity index (χ4n) is 3.11. The number of rotatable bonds is 3. The summed E-state index contributed by atoms with van der Waals surface area (Å²) < 4.78 is 0. The van der Waals surface area contributed by atoms with Gasteiger partial charge in [-0.05, 0) is 44.5 Å². The van der Waals surface area contributed by atoms with Crippen LogP contribution in [0.3, 0.4) is 0 Å². The second kappa shape index (κ2) is 5.58. The van der Waals surface area contributed by atoms with Crippen LogP contribution in [0.15, 0.2) is 12.1 Å². The third kappa shape index (κ3) is 2.60. The van der Waals surface area contributed by atoms with Gasteiger partial charge in [0.1, 0.15) is 5.82 Å². The highest BCUT2D eigenvalue weighted by molar-refractivity contribution is 6.33. The summed E-state index contributed by atoms with van der Waals surface area (Å²) in [5, 5.41) is 9.28. The van der Waals surface area contributed by atoms with Gasteiger partial charge in [-0.1, -0.05) is 11.6 Å². The number of hydrogen-bond donors (Lipinski definition) is 1. The summed E-state index contributed by atoms with van der Waals surface area (Å²) in [6.07, 6.45) is 3.70. The van der Waals surface area contributed by atoms with E-state index in [2.05, 4.69) is 14.8 Å². The van der Waals surface area contributed by atoms with Gasteiger partial charge in [-0.3, -0.25) is 4.90 Å². The van der Waals surface area contributed by atoms with Gasteiger partial charge in [0.05, 0.1) is 5.02 Å². The summed E-state index contributed by atoms with van der Waals surface area (Å²) >= 11 is 5.86. The predicted octanol–water partition coefficient (Wildman–Crippen LogP) is 2.11. The van der Waals surface area contributed by atoms with Crippen LogP contribution >= 0.6 is 11.6 Å². The van der Waals surface area contributed by atoms with E-state index in [9.17, 15) is 4.79 Å². The molecule has 2 aliphatic rings. The van der Waals surface area contributed by atoms with E-state index in [-0.39, 0.29) is 10.7 Å². The Balaban J connectivity index is 1.74. The van der Waals surface area contributed by atoms with E-state index in [0.29, 0.717) is 11.9 Å². The quantitative estimate of drug-likeness (QED) is 0.925. The van der Waals surface area contributed by atoms with Crippen molar-refractivity contribution in [2.24, 2.45) is 0 Å². The molecule has 0 aromatic carbocycles. The minimum Gasteiger partial charge on any atom is -0.476 e.